The fraction of sp³-hybridized carbons (Fsp3) is 0.625. The van der Waals surface area contributed by atoms with Crippen LogP contribution in [0, 0.1) is 17.2 Å². The summed E-state index contributed by atoms with van der Waals surface area (Å²) < 4.78 is 37.3. The third-order valence-corrected chi connectivity index (χ3v) is 4.02. The smallest absolute Gasteiger partial charge is 0.353 e. The molecule has 1 aromatic rings. The van der Waals surface area contributed by atoms with Gasteiger partial charge in [0.15, 0.2) is 10.3 Å². The fourth-order valence-corrected chi connectivity index (χ4v) is 2.64. The Bertz CT molecular complexity index is 410. The molecule has 0 bridgehead atoms. The van der Waals surface area contributed by atoms with Crippen molar-refractivity contribution in [3.05, 3.63) is 0 Å². The van der Waals surface area contributed by atoms with Crippen LogP contribution in [-0.2, 0) is 0 Å². The Morgan fingerprint density at radius 2 is 2.12 bits per heavy atom. The lowest BCUT2D eigenvalue weighted by atomic mass is 10.2. The molecular weight excluding hydrogens is 273 g/mol. The van der Waals surface area contributed by atoms with Gasteiger partial charge in [-0.15, -0.1) is 10.2 Å². The van der Waals surface area contributed by atoms with Crippen molar-refractivity contribution >= 4 is 28.2 Å². The summed E-state index contributed by atoms with van der Waals surface area (Å²) in [5, 5.41) is 16.6. The van der Waals surface area contributed by atoms with Crippen LogP contribution in [0.25, 0.3) is 0 Å². The second-order valence-electron chi connectivity index (χ2n) is 3.28. The number of thioether (sulfide) groups is 1. The number of hydrogen-bond acceptors (Lipinski definition) is 6. The van der Waals surface area contributed by atoms with Crippen LogP contribution in [-0.4, -0.2) is 36.2 Å². The van der Waals surface area contributed by atoms with Gasteiger partial charge in [-0.05, 0) is 0 Å². The third-order valence-electron chi connectivity index (χ3n) is 1.70. The molecule has 0 aliphatic heterocycles. The van der Waals surface area contributed by atoms with Gasteiger partial charge in [0, 0.05) is 19.8 Å². The highest BCUT2D eigenvalue weighted by atomic mass is 32.2. The lowest BCUT2D eigenvalue weighted by Gasteiger charge is -2.11. The quantitative estimate of drug-likeness (QED) is 0.794. The van der Waals surface area contributed by atoms with Crippen LogP contribution in [0.15, 0.2) is 4.34 Å². The summed E-state index contributed by atoms with van der Waals surface area (Å²) >= 11 is 2.09. The number of rotatable bonds is 4. The average Bonchev–Trinajstić information content (AvgIpc) is 2.65. The molecule has 17 heavy (non-hydrogen) atoms. The Hall–Kier alpha value is -1.01. The molecule has 0 amide bonds. The Morgan fingerprint density at radius 1 is 1.47 bits per heavy atom. The molecule has 94 valence electrons. The lowest BCUT2D eigenvalue weighted by molar-refractivity contribution is -0.152. The molecule has 0 saturated heterocycles. The molecule has 1 unspecified atom stereocenters. The predicted molar refractivity (Wildman–Crippen MR) is 60.1 cm³/mol. The molecular formula is C8H9F3N4S2. The number of nitriles is 1. The van der Waals surface area contributed by atoms with E-state index in [1.807, 2.05) is 0 Å². The highest BCUT2D eigenvalue weighted by Gasteiger charge is 2.39. The molecule has 9 heteroatoms. The van der Waals surface area contributed by atoms with Gasteiger partial charge in [0.2, 0.25) is 5.13 Å². The maximum atomic E-state index is 12.3. The van der Waals surface area contributed by atoms with E-state index in [2.05, 4.69) is 10.2 Å². The van der Waals surface area contributed by atoms with Crippen LogP contribution in [0.3, 0.4) is 0 Å². The van der Waals surface area contributed by atoms with Gasteiger partial charge in [0.1, 0.15) is 0 Å². The van der Waals surface area contributed by atoms with Crippen LogP contribution in [0.4, 0.5) is 18.3 Å². The van der Waals surface area contributed by atoms with Crippen LogP contribution >= 0.6 is 23.1 Å². The minimum absolute atomic E-state index is 0.359. The first kappa shape index (κ1) is 14.1. The second-order valence-corrected chi connectivity index (χ2v) is 5.50. The van der Waals surface area contributed by atoms with E-state index >= 15 is 0 Å². The number of aromatic nitrogens is 2. The van der Waals surface area contributed by atoms with Gasteiger partial charge in [-0.1, -0.05) is 23.1 Å². The van der Waals surface area contributed by atoms with Gasteiger partial charge < -0.3 is 4.90 Å². The van der Waals surface area contributed by atoms with Crippen LogP contribution in [0.5, 0.6) is 0 Å². The van der Waals surface area contributed by atoms with Crippen molar-refractivity contribution in [2.24, 2.45) is 5.92 Å². The molecule has 4 nitrogen and oxygen atoms in total. The average molecular weight is 282 g/mol. The van der Waals surface area contributed by atoms with Crippen molar-refractivity contribution in [3.8, 4) is 6.07 Å². The van der Waals surface area contributed by atoms with E-state index < -0.39 is 12.1 Å². The van der Waals surface area contributed by atoms with Gasteiger partial charge in [-0.3, -0.25) is 0 Å². The molecule has 0 aliphatic carbocycles. The highest BCUT2D eigenvalue weighted by Crippen LogP contribution is 2.33. The van der Waals surface area contributed by atoms with Crippen molar-refractivity contribution in [1.82, 2.24) is 10.2 Å². The Balaban J connectivity index is 2.58. The van der Waals surface area contributed by atoms with E-state index in [1.165, 1.54) is 17.4 Å². The minimum atomic E-state index is -4.49. The van der Waals surface area contributed by atoms with Crippen molar-refractivity contribution in [3.63, 3.8) is 0 Å². The third kappa shape index (κ3) is 4.05. The number of halogens is 3. The molecule has 0 aromatic carbocycles. The molecule has 1 aromatic heterocycles. The maximum absolute atomic E-state index is 12.3. The standard InChI is InChI=1S/C8H9F3N4S2/c1-15(2)6-13-14-7(17-6)16-4-5(3-12)8(9,10)11/h5H,4H2,1-2H3. The molecule has 0 spiro atoms. The first-order valence-corrected chi connectivity index (χ1v) is 6.24. The number of nitrogens with zero attached hydrogens (tertiary/aromatic N) is 4. The Labute approximate surface area is 104 Å². The first-order valence-electron chi connectivity index (χ1n) is 4.44. The number of alkyl halides is 3. The second kappa shape index (κ2) is 5.55. The van der Waals surface area contributed by atoms with Gasteiger partial charge in [-0.2, -0.15) is 18.4 Å². The number of anilines is 1. The van der Waals surface area contributed by atoms with E-state index in [4.69, 9.17) is 5.26 Å². The van der Waals surface area contributed by atoms with Gasteiger partial charge in [0.05, 0.1) is 6.07 Å². The minimum Gasteiger partial charge on any atom is -0.353 e. The molecule has 0 N–H and O–H groups in total. The summed E-state index contributed by atoms with van der Waals surface area (Å²) in [5.41, 5.74) is 0. The Kier molecular flexibility index (Phi) is 4.59. The van der Waals surface area contributed by atoms with E-state index in [9.17, 15) is 13.2 Å². The van der Waals surface area contributed by atoms with Crippen LogP contribution < -0.4 is 4.90 Å². The van der Waals surface area contributed by atoms with Crippen molar-refractivity contribution in [2.45, 2.75) is 10.5 Å². The van der Waals surface area contributed by atoms with Crippen molar-refractivity contribution in [2.75, 3.05) is 24.7 Å². The molecule has 0 aliphatic rings. The van der Waals surface area contributed by atoms with E-state index in [0.717, 1.165) is 11.8 Å². The topological polar surface area (TPSA) is 52.8 Å². The van der Waals surface area contributed by atoms with Crippen LogP contribution in [0.2, 0.25) is 0 Å². The van der Waals surface area contributed by atoms with Crippen molar-refractivity contribution < 1.29 is 13.2 Å². The lowest BCUT2D eigenvalue weighted by Crippen LogP contribution is -2.23. The van der Waals surface area contributed by atoms with Gasteiger partial charge >= 0.3 is 6.18 Å². The van der Waals surface area contributed by atoms with E-state index in [1.54, 1.807) is 19.0 Å². The largest absolute Gasteiger partial charge is 0.405 e. The molecule has 1 rings (SSSR count). The summed E-state index contributed by atoms with van der Waals surface area (Å²) in [6.45, 7) is 0. The monoisotopic (exact) mass is 282 g/mol. The zero-order chi connectivity index (χ0) is 13.1. The summed E-state index contributed by atoms with van der Waals surface area (Å²) in [5.74, 6) is -2.33. The molecule has 1 atom stereocenters. The van der Waals surface area contributed by atoms with E-state index in [-0.39, 0.29) is 5.75 Å². The zero-order valence-electron chi connectivity index (χ0n) is 9.02. The molecule has 1 heterocycles. The zero-order valence-corrected chi connectivity index (χ0v) is 10.7. The number of hydrogen-bond donors (Lipinski definition) is 0. The van der Waals surface area contributed by atoms with E-state index in [0.29, 0.717) is 9.47 Å². The van der Waals surface area contributed by atoms with Crippen LogP contribution in [0.1, 0.15) is 0 Å². The molecule has 0 radical (unpaired) electrons. The highest BCUT2D eigenvalue weighted by molar-refractivity contribution is 8.01. The SMILES string of the molecule is CN(C)c1nnc(SCC(C#N)C(F)(F)F)s1. The summed E-state index contributed by atoms with van der Waals surface area (Å²) in [6, 6.07) is 1.24. The fourth-order valence-electron chi connectivity index (χ4n) is 0.801. The van der Waals surface area contributed by atoms with Gasteiger partial charge in [0.25, 0.3) is 0 Å². The molecule has 0 fully saturated rings. The Morgan fingerprint density at radius 3 is 2.53 bits per heavy atom. The maximum Gasteiger partial charge on any atom is 0.405 e. The first-order chi connectivity index (χ1) is 7.84. The van der Waals surface area contributed by atoms with Crippen molar-refractivity contribution in [1.29, 1.82) is 5.26 Å². The molecule has 0 saturated carbocycles. The summed E-state index contributed by atoms with van der Waals surface area (Å²) in [4.78, 5) is 1.72. The predicted octanol–water partition coefficient (Wildman–Crippen LogP) is 2.40. The summed E-state index contributed by atoms with van der Waals surface area (Å²) in [7, 11) is 3.53. The van der Waals surface area contributed by atoms with Gasteiger partial charge in [-0.25, -0.2) is 0 Å². The normalized spacial score (nSPS) is 13.2. The summed E-state index contributed by atoms with van der Waals surface area (Å²) in [6.07, 6.45) is -4.49.